The molecule has 0 saturated carbocycles. The maximum atomic E-state index is 9.28. The quantitative estimate of drug-likeness (QED) is 0.147. The summed E-state index contributed by atoms with van der Waals surface area (Å²) in [4.78, 5) is 0. The standard InChI is InChI=1S/C27H56O2/c1-2-3-4-5-6-7-8-9-10-11-12-13-14-15-16-17-18-19-20-21-22-23-24-25-27(29)26-28/h27-29H,2-26H2,1H3. The summed E-state index contributed by atoms with van der Waals surface area (Å²) in [6.07, 6.45) is 32.6. The lowest BCUT2D eigenvalue weighted by molar-refractivity contribution is 0.0860. The van der Waals surface area contributed by atoms with Gasteiger partial charge in [0.1, 0.15) is 0 Å². The number of unbranched alkanes of at least 4 members (excludes halogenated alkanes) is 22. The fourth-order valence-electron chi connectivity index (χ4n) is 4.26. The molecule has 0 aliphatic rings. The van der Waals surface area contributed by atoms with Crippen molar-refractivity contribution in [3.05, 3.63) is 0 Å². The zero-order valence-electron chi connectivity index (χ0n) is 20.1. The Morgan fingerprint density at radius 3 is 0.897 bits per heavy atom. The number of hydrogen-bond acceptors (Lipinski definition) is 2. The van der Waals surface area contributed by atoms with Crippen LogP contribution in [0.5, 0.6) is 0 Å². The van der Waals surface area contributed by atoms with Gasteiger partial charge in [-0.15, -0.1) is 0 Å². The third kappa shape index (κ3) is 25.9. The zero-order chi connectivity index (χ0) is 21.3. The van der Waals surface area contributed by atoms with E-state index in [2.05, 4.69) is 6.92 Å². The van der Waals surface area contributed by atoms with E-state index in [9.17, 15) is 5.11 Å². The van der Waals surface area contributed by atoms with E-state index in [1.165, 1.54) is 141 Å². The SMILES string of the molecule is CCCCCCCCCCCCCCCCCCCCCCCCCC(O)CO. The highest BCUT2D eigenvalue weighted by atomic mass is 16.3. The van der Waals surface area contributed by atoms with E-state index in [-0.39, 0.29) is 6.61 Å². The summed E-state index contributed by atoms with van der Waals surface area (Å²) in [5, 5.41) is 18.0. The van der Waals surface area contributed by atoms with E-state index in [0.717, 1.165) is 12.8 Å². The lowest BCUT2D eigenvalue weighted by Crippen LogP contribution is -2.10. The average Bonchev–Trinajstić information content (AvgIpc) is 2.74. The highest BCUT2D eigenvalue weighted by Gasteiger charge is 2.00. The Labute approximate surface area is 184 Å². The number of hydrogen-bond donors (Lipinski definition) is 2. The average molecular weight is 413 g/mol. The summed E-state index contributed by atoms with van der Waals surface area (Å²) in [6, 6.07) is 0. The zero-order valence-corrected chi connectivity index (χ0v) is 20.1. The van der Waals surface area contributed by atoms with Crippen molar-refractivity contribution >= 4 is 0 Å². The first-order valence-corrected chi connectivity index (χ1v) is 13.6. The monoisotopic (exact) mass is 412 g/mol. The Hall–Kier alpha value is -0.0800. The predicted octanol–water partition coefficient (Wildman–Crippen LogP) is 8.72. The van der Waals surface area contributed by atoms with Gasteiger partial charge >= 0.3 is 0 Å². The number of rotatable bonds is 25. The molecule has 0 aromatic carbocycles. The molecule has 0 aliphatic heterocycles. The molecule has 0 heterocycles. The van der Waals surface area contributed by atoms with Crippen molar-refractivity contribution in [2.45, 2.75) is 167 Å². The van der Waals surface area contributed by atoms with Crippen LogP contribution < -0.4 is 0 Å². The molecule has 0 rings (SSSR count). The van der Waals surface area contributed by atoms with Crippen LogP contribution in [0.4, 0.5) is 0 Å². The molecule has 0 radical (unpaired) electrons. The molecule has 0 amide bonds. The fourth-order valence-corrected chi connectivity index (χ4v) is 4.26. The maximum absolute atomic E-state index is 9.28. The molecule has 2 nitrogen and oxygen atoms in total. The number of aliphatic hydroxyl groups is 2. The Bertz CT molecular complexity index is 280. The van der Waals surface area contributed by atoms with Crippen molar-refractivity contribution in [3.8, 4) is 0 Å². The van der Waals surface area contributed by atoms with Gasteiger partial charge in [-0.25, -0.2) is 0 Å². The summed E-state index contributed by atoms with van der Waals surface area (Å²) in [6.45, 7) is 2.21. The second kappa shape index (κ2) is 26.0. The molecule has 0 bridgehead atoms. The van der Waals surface area contributed by atoms with Crippen LogP contribution in [0.3, 0.4) is 0 Å². The molecule has 1 atom stereocenters. The first kappa shape index (κ1) is 28.9. The normalized spacial score (nSPS) is 12.5. The lowest BCUT2D eigenvalue weighted by atomic mass is 10.0. The minimum absolute atomic E-state index is 0.0840. The van der Waals surface area contributed by atoms with Crippen molar-refractivity contribution in [2.75, 3.05) is 6.61 Å². The molecule has 2 N–H and O–H groups in total. The Morgan fingerprint density at radius 2 is 0.655 bits per heavy atom. The largest absolute Gasteiger partial charge is 0.394 e. The summed E-state index contributed by atoms with van der Waals surface area (Å²) < 4.78 is 0. The molecular weight excluding hydrogens is 356 g/mol. The van der Waals surface area contributed by atoms with Crippen LogP contribution >= 0.6 is 0 Å². The predicted molar refractivity (Wildman–Crippen MR) is 130 cm³/mol. The van der Waals surface area contributed by atoms with Gasteiger partial charge in [0, 0.05) is 0 Å². The molecule has 176 valence electrons. The third-order valence-corrected chi connectivity index (χ3v) is 6.35. The van der Waals surface area contributed by atoms with Crippen molar-refractivity contribution in [3.63, 3.8) is 0 Å². The van der Waals surface area contributed by atoms with Gasteiger partial charge in [0.2, 0.25) is 0 Å². The van der Waals surface area contributed by atoms with Crippen LogP contribution in [0.25, 0.3) is 0 Å². The van der Waals surface area contributed by atoms with E-state index < -0.39 is 6.10 Å². The van der Waals surface area contributed by atoms with Gasteiger partial charge in [-0.3, -0.25) is 0 Å². The van der Waals surface area contributed by atoms with Crippen molar-refractivity contribution in [2.24, 2.45) is 0 Å². The maximum Gasteiger partial charge on any atom is 0.0770 e. The van der Waals surface area contributed by atoms with Gasteiger partial charge in [-0.05, 0) is 6.42 Å². The fraction of sp³-hybridized carbons (Fsp3) is 1.00. The van der Waals surface area contributed by atoms with E-state index in [0.29, 0.717) is 0 Å². The van der Waals surface area contributed by atoms with Crippen molar-refractivity contribution in [1.29, 1.82) is 0 Å². The second-order valence-electron chi connectivity index (χ2n) is 9.40. The first-order valence-electron chi connectivity index (χ1n) is 13.6. The molecule has 0 aromatic rings. The molecule has 0 fully saturated rings. The van der Waals surface area contributed by atoms with Gasteiger partial charge in [0.05, 0.1) is 12.7 Å². The van der Waals surface area contributed by atoms with Gasteiger partial charge in [-0.1, -0.05) is 155 Å². The van der Waals surface area contributed by atoms with E-state index >= 15 is 0 Å². The molecule has 2 heteroatoms. The van der Waals surface area contributed by atoms with Crippen LogP contribution in [0, 0.1) is 0 Å². The van der Waals surface area contributed by atoms with Crippen LogP contribution in [-0.2, 0) is 0 Å². The summed E-state index contributed by atoms with van der Waals surface area (Å²) in [7, 11) is 0. The van der Waals surface area contributed by atoms with Crippen molar-refractivity contribution in [1.82, 2.24) is 0 Å². The smallest absolute Gasteiger partial charge is 0.0770 e. The Morgan fingerprint density at radius 1 is 0.414 bits per heavy atom. The molecule has 0 spiro atoms. The molecule has 0 aliphatic carbocycles. The topological polar surface area (TPSA) is 40.5 Å². The molecule has 29 heavy (non-hydrogen) atoms. The summed E-state index contributed by atoms with van der Waals surface area (Å²) in [5.41, 5.74) is 0. The summed E-state index contributed by atoms with van der Waals surface area (Å²) in [5.74, 6) is 0. The minimum Gasteiger partial charge on any atom is -0.394 e. The van der Waals surface area contributed by atoms with Gasteiger partial charge in [0.25, 0.3) is 0 Å². The van der Waals surface area contributed by atoms with E-state index in [1.807, 2.05) is 0 Å². The Kier molecular flexibility index (Phi) is 25.9. The first-order chi connectivity index (χ1) is 14.3. The van der Waals surface area contributed by atoms with Crippen LogP contribution in [0.1, 0.15) is 161 Å². The van der Waals surface area contributed by atoms with Crippen LogP contribution in [-0.4, -0.2) is 22.9 Å². The van der Waals surface area contributed by atoms with Gasteiger partial charge < -0.3 is 10.2 Å². The van der Waals surface area contributed by atoms with Gasteiger partial charge in [0.15, 0.2) is 0 Å². The molecule has 0 saturated heterocycles. The highest BCUT2D eigenvalue weighted by Crippen LogP contribution is 2.15. The van der Waals surface area contributed by atoms with E-state index in [4.69, 9.17) is 5.11 Å². The lowest BCUT2D eigenvalue weighted by Gasteiger charge is -2.06. The second-order valence-corrected chi connectivity index (χ2v) is 9.40. The van der Waals surface area contributed by atoms with Crippen LogP contribution in [0.15, 0.2) is 0 Å². The number of aliphatic hydroxyl groups excluding tert-OH is 2. The van der Waals surface area contributed by atoms with Gasteiger partial charge in [-0.2, -0.15) is 0 Å². The minimum atomic E-state index is -0.495. The van der Waals surface area contributed by atoms with Crippen molar-refractivity contribution < 1.29 is 10.2 Å². The van der Waals surface area contributed by atoms with Crippen LogP contribution in [0.2, 0.25) is 0 Å². The summed E-state index contributed by atoms with van der Waals surface area (Å²) >= 11 is 0. The van der Waals surface area contributed by atoms with E-state index in [1.54, 1.807) is 0 Å². The molecule has 1 unspecified atom stereocenters. The highest BCUT2D eigenvalue weighted by molar-refractivity contribution is 4.54. The molecule has 0 aromatic heterocycles. The third-order valence-electron chi connectivity index (χ3n) is 6.35. The Balaban J connectivity index is 3.00. The molecular formula is C27H56O2.